The predicted molar refractivity (Wildman–Crippen MR) is 72.0 cm³/mol. The molecule has 0 aliphatic rings. The number of nitrogens with zero attached hydrogens (tertiary/aromatic N) is 1. The smallest absolute Gasteiger partial charge is 0.323 e. The number of hydrogen-bond acceptors (Lipinski definition) is 2. The fourth-order valence-electron chi connectivity index (χ4n) is 1.66. The van der Waals surface area contributed by atoms with Gasteiger partial charge in [-0.25, -0.2) is 0 Å². The highest BCUT2D eigenvalue weighted by molar-refractivity contribution is 9.10. The van der Waals surface area contributed by atoms with Gasteiger partial charge in [0.15, 0.2) is 0 Å². The van der Waals surface area contributed by atoms with Crippen LogP contribution in [0.3, 0.4) is 0 Å². The highest BCUT2D eigenvalue weighted by Crippen LogP contribution is 2.30. The third-order valence-electron chi connectivity index (χ3n) is 3.34. The zero-order chi connectivity index (χ0) is 13.2. The number of likely N-dealkylation sites (N-methyl/N-ethyl adjacent to an activating group) is 1. The van der Waals surface area contributed by atoms with Crippen LogP contribution in [-0.4, -0.2) is 28.6 Å². The molecule has 0 saturated carbocycles. The molecule has 0 amide bonds. The van der Waals surface area contributed by atoms with Crippen molar-refractivity contribution < 1.29 is 9.90 Å². The van der Waals surface area contributed by atoms with Crippen molar-refractivity contribution in [1.82, 2.24) is 4.90 Å². The monoisotopic (exact) mass is 299 g/mol. The molecule has 1 rings (SSSR count). The summed E-state index contributed by atoms with van der Waals surface area (Å²) in [5.41, 5.74) is 0.193. The van der Waals surface area contributed by atoms with Crippen LogP contribution in [0.15, 0.2) is 28.7 Å². The van der Waals surface area contributed by atoms with Crippen LogP contribution in [0.1, 0.15) is 32.4 Å². The summed E-state index contributed by atoms with van der Waals surface area (Å²) in [7, 11) is 1.83. The Morgan fingerprint density at radius 1 is 1.41 bits per heavy atom. The molecule has 0 fully saturated rings. The Kier molecular flexibility index (Phi) is 4.33. The first kappa shape index (κ1) is 14.2. The lowest BCUT2D eigenvalue weighted by Gasteiger charge is -2.36. The van der Waals surface area contributed by atoms with Gasteiger partial charge in [-0.05, 0) is 39.4 Å². The summed E-state index contributed by atoms with van der Waals surface area (Å²) in [4.78, 5) is 13.1. The van der Waals surface area contributed by atoms with Gasteiger partial charge in [-0.3, -0.25) is 9.69 Å². The molecule has 0 radical (unpaired) electrons. The molecule has 94 valence electrons. The Hall–Kier alpha value is -0.870. The summed E-state index contributed by atoms with van der Waals surface area (Å²) in [6.07, 6.45) is 0. The van der Waals surface area contributed by atoms with Crippen LogP contribution in [0.4, 0.5) is 0 Å². The first-order chi connectivity index (χ1) is 7.78. The molecule has 1 atom stereocenters. The van der Waals surface area contributed by atoms with E-state index in [1.165, 1.54) is 0 Å². The second-order valence-corrected chi connectivity index (χ2v) is 5.53. The summed E-state index contributed by atoms with van der Waals surface area (Å²) < 4.78 is 1.00. The highest BCUT2D eigenvalue weighted by atomic mass is 79.9. The quantitative estimate of drug-likeness (QED) is 0.927. The molecule has 3 nitrogen and oxygen atoms in total. The Balaban J connectivity index is 3.02. The standard InChI is InChI=1S/C13H18BrNO2/c1-9(10-7-5-6-8-11(10)14)15(4)13(2,3)12(16)17/h5-9H,1-4H3,(H,16,17). The first-order valence-electron chi connectivity index (χ1n) is 5.49. The van der Waals surface area contributed by atoms with Crippen LogP contribution in [0, 0.1) is 0 Å². The maximum atomic E-state index is 11.2. The van der Waals surface area contributed by atoms with Crippen molar-refractivity contribution >= 4 is 21.9 Å². The van der Waals surface area contributed by atoms with Crippen molar-refractivity contribution in [1.29, 1.82) is 0 Å². The normalized spacial score (nSPS) is 13.8. The number of carbonyl (C=O) groups is 1. The molecular formula is C13H18BrNO2. The maximum absolute atomic E-state index is 11.2. The van der Waals surface area contributed by atoms with E-state index in [0.717, 1.165) is 10.0 Å². The zero-order valence-corrected chi connectivity index (χ0v) is 12.2. The summed E-state index contributed by atoms with van der Waals surface area (Å²) in [6, 6.07) is 7.90. The Bertz CT molecular complexity index is 418. The van der Waals surface area contributed by atoms with Crippen molar-refractivity contribution in [2.75, 3.05) is 7.05 Å². The summed E-state index contributed by atoms with van der Waals surface area (Å²) >= 11 is 3.49. The van der Waals surface area contributed by atoms with Crippen LogP contribution in [0.2, 0.25) is 0 Å². The van der Waals surface area contributed by atoms with E-state index in [9.17, 15) is 9.90 Å². The van der Waals surface area contributed by atoms with Gasteiger partial charge in [0.1, 0.15) is 5.54 Å². The molecule has 0 bridgehead atoms. The molecule has 0 aliphatic carbocycles. The van der Waals surface area contributed by atoms with E-state index < -0.39 is 11.5 Å². The zero-order valence-electron chi connectivity index (χ0n) is 10.6. The lowest BCUT2D eigenvalue weighted by Crippen LogP contribution is -2.48. The van der Waals surface area contributed by atoms with Crippen LogP contribution in [0.5, 0.6) is 0 Å². The number of aliphatic carboxylic acids is 1. The molecule has 0 aromatic heterocycles. The van der Waals surface area contributed by atoms with E-state index >= 15 is 0 Å². The first-order valence-corrected chi connectivity index (χ1v) is 6.28. The van der Waals surface area contributed by atoms with Gasteiger partial charge in [0, 0.05) is 10.5 Å². The Labute approximate surface area is 111 Å². The molecule has 1 aromatic carbocycles. The summed E-state index contributed by atoms with van der Waals surface area (Å²) in [5.74, 6) is -0.820. The number of carboxylic acid groups (broad SMARTS) is 1. The van der Waals surface area contributed by atoms with E-state index in [1.54, 1.807) is 13.8 Å². The molecule has 1 N–H and O–H groups in total. The van der Waals surface area contributed by atoms with Crippen molar-refractivity contribution in [2.24, 2.45) is 0 Å². The van der Waals surface area contributed by atoms with Crippen molar-refractivity contribution in [3.8, 4) is 0 Å². The van der Waals surface area contributed by atoms with E-state index in [-0.39, 0.29) is 6.04 Å². The molecule has 0 heterocycles. The lowest BCUT2D eigenvalue weighted by molar-refractivity contribution is -0.149. The van der Waals surface area contributed by atoms with E-state index in [0.29, 0.717) is 0 Å². The summed E-state index contributed by atoms with van der Waals surface area (Å²) in [5, 5.41) is 9.22. The number of benzene rings is 1. The lowest BCUT2D eigenvalue weighted by atomic mass is 9.98. The molecule has 1 aromatic rings. The second kappa shape index (κ2) is 5.19. The third kappa shape index (κ3) is 2.87. The van der Waals surface area contributed by atoms with Gasteiger partial charge < -0.3 is 5.11 Å². The predicted octanol–water partition coefficient (Wildman–Crippen LogP) is 3.31. The fourth-order valence-corrected chi connectivity index (χ4v) is 2.27. The van der Waals surface area contributed by atoms with E-state index in [4.69, 9.17) is 0 Å². The number of carboxylic acids is 1. The average molecular weight is 300 g/mol. The minimum atomic E-state index is -0.894. The number of rotatable bonds is 4. The van der Waals surface area contributed by atoms with Gasteiger partial charge in [-0.2, -0.15) is 0 Å². The van der Waals surface area contributed by atoms with Gasteiger partial charge in [0.05, 0.1) is 0 Å². The second-order valence-electron chi connectivity index (χ2n) is 4.67. The van der Waals surface area contributed by atoms with Gasteiger partial charge >= 0.3 is 5.97 Å². The third-order valence-corrected chi connectivity index (χ3v) is 4.06. The molecule has 17 heavy (non-hydrogen) atoms. The summed E-state index contributed by atoms with van der Waals surface area (Å²) in [6.45, 7) is 5.43. The van der Waals surface area contributed by atoms with Crippen molar-refractivity contribution in [2.45, 2.75) is 32.4 Å². The Morgan fingerprint density at radius 3 is 2.41 bits per heavy atom. The molecule has 4 heteroatoms. The minimum absolute atomic E-state index is 0.0247. The Morgan fingerprint density at radius 2 is 1.94 bits per heavy atom. The molecule has 0 spiro atoms. The molecule has 1 unspecified atom stereocenters. The van der Waals surface area contributed by atoms with Gasteiger partial charge in [-0.15, -0.1) is 0 Å². The maximum Gasteiger partial charge on any atom is 0.323 e. The highest BCUT2D eigenvalue weighted by Gasteiger charge is 2.35. The van der Waals surface area contributed by atoms with Crippen molar-refractivity contribution in [3.05, 3.63) is 34.3 Å². The van der Waals surface area contributed by atoms with Gasteiger partial charge in [-0.1, -0.05) is 34.1 Å². The van der Waals surface area contributed by atoms with E-state index in [2.05, 4.69) is 15.9 Å². The minimum Gasteiger partial charge on any atom is -0.480 e. The van der Waals surface area contributed by atoms with Gasteiger partial charge in [0.2, 0.25) is 0 Å². The molecular weight excluding hydrogens is 282 g/mol. The SMILES string of the molecule is CC(c1ccccc1Br)N(C)C(C)(C)C(=O)O. The largest absolute Gasteiger partial charge is 0.480 e. The van der Waals surface area contributed by atoms with Crippen molar-refractivity contribution in [3.63, 3.8) is 0 Å². The van der Waals surface area contributed by atoms with Gasteiger partial charge in [0.25, 0.3) is 0 Å². The van der Waals surface area contributed by atoms with Crippen LogP contribution >= 0.6 is 15.9 Å². The van der Waals surface area contributed by atoms with Crippen LogP contribution < -0.4 is 0 Å². The number of hydrogen-bond donors (Lipinski definition) is 1. The topological polar surface area (TPSA) is 40.5 Å². The molecule has 0 aliphatic heterocycles. The van der Waals surface area contributed by atoms with Crippen LogP contribution in [0.25, 0.3) is 0 Å². The fraction of sp³-hybridized carbons (Fsp3) is 0.462. The number of halogens is 1. The average Bonchev–Trinajstić information content (AvgIpc) is 2.27. The molecule has 0 saturated heterocycles. The van der Waals surface area contributed by atoms with Crippen LogP contribution in [-0.2, 0) is 4.79 Å². The van der Waals surface area contributed by atoms with E-state index in [1.807, 2.05) is 43.1 Å².